The number of anilines is 1. The van der Waals surface area contributed by atoms with Crippen molar-refractivity contribution in [2.24, 2.45) is 5.92 Å². The van der Waals surface area contributed by atoms with Gasteiger partial charge in [0.15, 0.2) is 0 Å². The maximum Gasteiger partial charge on any atom is 0.261 e. The van der Waals surface area contributed by atoms with Gasteiger partial charge in [0, 0.05) is 17.8 Å². The normalized spacial score (nSPS) is 13.4. The summed E-state index contributed by atoms with van der Waals surface area (Å²) in [6.07, 6.45) is 0. The number of aryl methyl sites for hydroxylation is 1. The van der Waals surface area contributed by atoms with Crippen LogP contribution in [0.25, 0.3) is 0 Å². The molecule has 0 atom stereocenters. The van der Waals surface area contributed by atoms with Gasteiger partial charge in [0.2, 0.25) is 0 Å². The fraction of sp³-hybridized carbons (Fsp3) is 0.250. The Hall–Kier alpha value is -2.95. The van der Waals surface area contributed by atoms with Crippen LogP contribution >= 0.6 is 0 Å². The number of carbonyl (C=O) groups is 3. The summed E-state index contributed by atoms with van der Waals surface area (Å²) >= 11 is 0. The number of imide groups is 1. The Balaban J connectivity index is 1.85. The van der Waals surface area contributed by atoms with Crippen LogP contribution in [0.3, 0.4) is 0 Å². The van der Waals surface area contributed by atoms with Gasteiger partial charge in [-0.15, -0.1) is 0 Å². The van der Waals surface area contributed by atoms with Crippen LogP contribution in [0.4, 0.5) is 5.69 Å². The van der Waals surface area contributed by atoms with Gasteiger partial charge < -0.3 is 5.32 Å². The molecule has 3 rings (SSSR count). The minimum atomic E-state index is -0.334. The van der Waals surface area contributed by atoms with Crippen LogP contribution in [0.2, 0.25) is 0 Å². The molecule has 0 unspecified atom stereocenters. The van der Waals surface area contributed by atoms with Crippen LogP contribution < -0.4 is 5.32 Å². The molecule has 1 aliphatic rings. The highest BCUT2D eigenvalue weighted by atomic mass is 16.2. The average molecular weight is 336 g/mol. The molecule has 25 heavy (non-hydrogen) atoms. The summed E-state index contributed by atoms with van der Waals surface area (Å²) in [7, 11) is 0. The molecule has 0 aromatic heterocycles. The van der Waals surface area contributed by atoms with Crippen molar-refractivity contribution >= 4 is 23.4 Å². The number of fused-ring (bicyclic) bond motifs is 1. The molecular formula is C20H20N2O3. The van der Waals surface area contributed by atoms with Crippen LogP contribution in [0.1, 0.15) is 50.5 Å². The number of hydrogen-bond donors (Lipinski definition) is 1. The lowest BCUT2D eigenvalue weighted by atomic mass is 10.1. The van der Waals surface area contributed by atoms with E-state index < -0.39 is 0 Å². The molecule has 0 saturated carbocycles. The van der Waals surface area contributed by atoms with Gasteiger partial charge in [-0.05, 0) is 48.7 Å². The Bertz CT molecular complexity index is 871. The Kier molecular flexibility index (Phi) is 4.40. The molecule has 0 radical (unpaired) electrons. The molecule has 1 heterocycles. The van der Waals surface area contributed by atoms with Crippen molar-refractivity contribution in [3.05, 3.63) is 64.7 Å². The van der Waals surface area contributed by atoms with Gasteiger partial charge in [0.25, 0.3) is 17.7 Å². The van der Waals surface area contributed by atoms with Gasteiger partial charge in [-0.25, -0.2) is 0 Å². The summed E-state index contributed by atoms with van der Waals surface area (Å²) in [6, 6.07) is 12.1. The second-order valence-electron chi connectivity index (χ2n) is 6.70. The fourth-order valence-electron chi connectivity index (χ4n) is 2.89. The van der Waals surface area contributed by atoms with Crippen molar-refractivity contribution in [2.45, 2.75) is 20.8 Å². The van der Waals surface area contributed by atoms with Gasteiger partial charge in [-0.1, -0.05) is 26.0 Å². The topological polar surface area (TPSA) is 66.5 Å². The average Bonchev–Trinajstić information content (AvgIpc) is 2.79. The van der Waals surface area contributed by atoms with E-state index in [1.54, 1.807) is 18.2 Å². The molecule has 5 nitrogen and oxygen atoms in total. The van der Waals surface area contributed by atoms with Crippen molar-refractivity contribution in [3.8, 4) is 0 Å². The van der Waals surface area contributed by atoms with E-state index in [2.05, 4.69) is 5.32 Å². The van der Waals surface area contributed by atoms with Crippen LogP contribution in [-0.2, 0) is 0 Å². The van der Waals surface area contributed by atoms with Gasteiger partial charge >= 0.3 is 0 Å². The first-order chi connectivity index (χ1) is 11.9. The number of nitrogens with zero attached hydrogens (tertiary/aromatic N) is 1. The van der Waals surface area contributed by atoms with Crippen molar-refractivity contribution in [3.63, 3.8) is 0 Å². The van der Waals surface area contributed by atoms with E-state index in [1.807, 2.05) is 39.0 Å². The second kappa shape index (κ2) is 6.51. The predicted octanol–water partition coefficient (Wildman–Crippen LogP) is 3.50. The van der Waals surface area contributed by atoms with Crippen molar-refractivity contribution in [1.29, 1.82) is 0 Å². The summed E-state index contributed by atoms with van der Waals surface area (Å²) < 4.78 is 0. The zero-order valence-electron chi connectivity index (χ0n) is 14.5. The van der Waals surface area contributed by atoms with Crippen molar-refractivity contribution in [2.75, 3.05) is 11.9 Å². The number of hydrogen-bond acceptors (Lipinski definition) is 3. The van der Waals surface area contributed by atoms with Crippen LogP contribution in [-0.4, -0.2) is 29.2 Å². The number of nitrogens with one attached hydrogen (secondary N) is 1. The fourth-order valence-corrected chi connectivity index (χ4v) is 2.89. The third-order valence-electron chi connectivity index (χ3n) is 4.06. The first kappa shape index (κ1) is 16.9. The van der Waals surface area contributed by atoms with E-state index in [0.717, 1.165) is 5.56 Å². The largest absolute Gasteiger partial charge is 0.322 e. The Morgan fingerprint density at radius 3 is 2.44 bits per heavy atom. The second-order valence-corrected chi connectivity index (χ2v) is 6.70. The first-order valence-corrected chi connectivity index (χ1v) is 8.25. The van der Waals surface area contributed by atoms with E-state index in [1.165, 1.54) is 11.0 Å². The van der Waals surface area contributed by atoms with Crippen molar-refractivity contribution in [1.82, 2.24) is 4.90 Å². The molecule has 0 aliphatic carbocycles. The molecule has 1 aliphatic heterocycles. The minimum absolute atomic E-state index is 0.186. The van der Waals surface area contributed by atoms with Gasteiger partial charge in [-0.2, -0.15) is 0 Å². The van der Waals surface area contributed by atoms with Gasteiger partial charge in [0.1, 0.15) is 0 Å². The third-order valence-corrected chi connectivity index (χ3v) is 4.06. The molecule has 0 saturated heterocycles. The molecule has 0 bridgehead atoms. The standard InChI is InChI=1S/C20H20N2O3/c1-12(2)11-22-19(24)16-8-7-14(10-17(16)20(22)25)18(23)21-15-6-4-5-13(3)9-15/h4-10,12H,11H2,1-3H3,(H,21,23). The highest BCUT2D eigenvalue weighted by Crippen LogP contribution is 2.25. The summed E-state index contributed by atoms with van der Waals surface area (Å²) in [6.45, 7) is 6.21. The summed E-state index contributed by atoms with van der Waals surface area (Å²) in [4.78, 5) is 38.6. The lowest BCUT2D eigenvalue weighted by Crippen LogP contribution is -2.33. The van der Waals surface area contributed by atoms with E-state index in [-0.39, 0.29) is 23.6 Å². The zero-order valence-corrected chi connectivity index (χ0v) is 14.5. The van der Waals surface area contributed by atoms with Gasteiger partial charge in [-0.3, -0.25) is 19.3 Å². The zero-order chi connectivity index (χ0) is 18.1. The Labute approximate surface area is 146 Å². The number of benzene rings is 2. The SMILES string of the molecule is Cc1cccc(NC(=O)c2ccc3c(c2)C(=O)N(CC(C)C)C3=O)c1. The molecule has 2 aromatic rings. The smallest absolute Gasteiger partial charge is 0.261 e. The Morgan fingerprint density at radius 1 is 1.04 bits per heavy atom. The van der Waals surface area contributed by atoms with Crippen molar-refractivity contribution < 1.29 is 14.4 Å². The molecule has 5 heteroatoms. The van der Waals surface area contributed by atoms with Gasteiger partial charge in [0.05, 0.1) is 11.1 Å². The highest BCUT2D eigenvalue weighted by Gasteiger charge is 2.36. The highest BCUT2D eigenvalue weighted by molar-refractivity contribution is 6.22. The van der Waals surface area contributed by atoms with E-state index in [9.17, 15) is 14.4 Å². The lowest BCUT2D eigenvalue weighted by molar-refractivity contribution is 0.0636. The molecular weight excluding hydrogens is 316 g/mol. The quantitative estimate of drug-likeness (QED) is 0.869. The molecule has 1 N–H and O–H groups in total. The molecule has 0 fully saturated rings. The first-order valence-electron chi connectivity index (χ1n) is 8.25. The maximum atomic E-state index is 12.5. The van der Waals surface area contributed by atoms with E-state index in [4.69, 9.17) is 0 Å². The van der Waals surface area contributed by atoms with Crippen LogP contribution in [0, 0.1) is 12.8 Å². The summed E-state index contributed by atoms with van der Waals surface area (Å²) in [5.74, 6) is -0.750. The number of carbonyl (C=O) groups excluding carboxylic acids is 3. The summed E-state index contributed by atoms with van der Waals surface area (Å²) in [5, 5.41) is 2.81. The van der Waals surface area contributed by atoms with E-state index in [0.29, 0.717) is 28.9 Å². The van der Waals surface area contributed by atoms with E-state index >= 15 is 0 Å². The number of amides is 3. The third kappa shape index (κ3) is 3.31. The molecule has 128 valence electrons. The minimum Gasteiger partial charge on any atom is -0.322 e. The molecule has 2 aromatic carbocycles. The van der Waals surface area contributed by atoms with Crippen LogP contribution in [0.5, 0.6) is 0 Å². The summed E-state index contributed by atoms with van der Waals surface area (Å²) in [5.41, 5.74) is 2.74. The predicted molar refractivity (Wildman–Crippen MR) is 95.8 cm³/mol. The molecule has 0 spiro atoms. The lowest BCUT2D eigenvalue weighted by Gasteiger charge is -2.15. The maximum absolute atomic E-state index is 12.5. The van der Waals surface area contributed by atoms with Crippen LogP contribution in [0.15, 0.2) is 42.5 Å². The molecule has 3 amide bonds. The number of rotatable bonds is 4. The Morgan fingerprint density at radius 2 is 1.76 bits per heavy atom. The monoisotopic (exact) mass is 336 g/mol.